The van der Waals surface area contributed by atoms with Crippen LogP contribution in [-0.4, -0.2) is 57.7 Å². The molecule has 1 N–H and O–H groups in total. The van der Waals surface area contributed by atoms with E-state index in [9.17, 15) is 13.2 Å². The maximum Gasteiger partial charge on any atom is 0.305 e. The SMILES string of the molecule is COC(=O)CCCS(=O)(=O)N(C)CC1CCCN1. The number of nitrogens with one attached hydrogen (secondary N) is 1. The van der Waals surface area contributed by atoms with Gasteiger partial charge in [0.25, 0.3) is 0 Å². The fourth-order valence-electron chi connectivity index (χ4n) is 1.99. The summed E-state index contributed by atoms with van der Waals surface area (Å²) in [5.41, 5.74) is 0. The highest BCUT2D eigenvalue weighted by atomic mass is 32.2. The summed E-state index contributed by atoms with van der Waals surface area (Å²) in [6, 6.07) is 0.255. The van der Waals surface area contributed by atoms with Crippen molar-refractivity contribution in [2.45, 2.75) is 31.7 Å². The van der Waals surface area contributed by atoms with Crippen molar-refractivity contribution >= 4 is 16.0 Å². The predicted octanol–water partition coefficient (Wildman–Crippen LogP) is -0.0468. The number of carbonyl (C=O) groups excluding carboxylic acids is 1. The third kappa shape index (κ3) is 4.91. The number of nitrogens with zero attached hydrogens (tertiary/aromatic N) is 1. The lowest BCUT2D eigenvalue weighted by Gasteiger charge is -2.20. The van der Waals surface area contributed by atoms with Crippen molar-refractivity contribution in [2.24, 2.45) is 0 Å². The van der Waals surface area contributed by atoms with E-state index < -0.39 is 10.0 Å². The Hall–Kier alpha value is -0.660. The van der Waals surface area contributed by atoms with Crippen LogP contribution >= 0.6 is 0 Å². The number of carbonyl (C=O) groups is 1. The fourth-order valence-corrected chi connectivity index (χ4v) is 3.22. The summed E-state index contributed by atoms with van der Waals surface area (Å²) in [5, 5.41) is 3.26. The van der Waals surface area contributed by atoms with Crippen LogP contribution in [-0.2, 0) is 19.6 Å². The van der Waals surface area contributed by atoms with Crippen LogP contribution in [0.15, 0.2) is 0 Å². The largest absolute Gasteiger partial charge is 0.469 e. The van der Waals surface area contributed by atoms with Gasteiger partial charge in [0.05, 0.1) is 12.9 Å². The van der Waals surface area contributed by atoms with E-state index in [1.54, 1.807) is 7.05 Å². The molecular weight excluding hydrogens is 256 g/mol. The zero-order chi connectivity index (χ0) is 13.6. The number of methoxy groups -OCH3 is 1. The first-order valence-corrected chi connectivity index (χ1v) is 7.81. The monoisotopic (exact) mass is 278 g/mol. The van der Waals surface area contributed by atoms with E-state index in [0.717, 1.165) is 19.4 Å². The fraction of sp³-hybridized carbons (Fsp3) is 0.909. The highest BCUT2D eigenvalue weighted by molar-refractivity contribution is 7.89. The molecule has 0 aromatic rings. The molecule has 1 heterocycles. The average Bonchev–Trinajstić information content (AvgIpc) is 2.81. The zero-order valence-corrected chi connectivity index (χ0v) is 11.8. The van der Waals surface area contributed by atoms with Crippen molar-refractivity contribution < 1.29 is 17.9 Å². The molecule has 0 aromatic heterocycles. The number of ether oxygens (including phenoxy) is 1. The lowest BCUT2D eigenvalue weighted by Crippen LogP contribution is -2.39. The average molecular weight is 278 g/mol. The molecule has 1 saturated heterocycles. The molecule has 0 saturated carbocycles. The summed E-state index contributed by atoms with van der Waals surface area (Å²) in [5.74, 6) is -0.379. The van der Waals surface area contributed by atoms with Gasteiger partial charge in [-0.3, -0.25) is 4.79 Å². The third-order valence-corrected chi connectivity index (χ3v) is 5.03. The van der Waals surface area contributed by atoms with Gasteiger partial charge in [-0.05, 0) is 25.8 Å². The molecular formula is C11H22N2O4S. The lowest BCUT2D eigenvalue weighted by atomic mass is 10.2. The van der Waals surface area contributed by atoms with Crippen molar-refractivity contribution in [2.75, 3.05) is 33.0 Å². The minimum Gasteiger partial charge on any atom is -0.469 e. The van der Waals surface area contributed by atoms with E-state index in [1.165, 1.54) is 11.4 Å². The minimum absolute atomic E-state index is 0.00861. The molecule has 106 valence electrons. The maximum atomic E-state index is 11.9. The zero-order valence-electron chi connectivity index (χ0n) is 11.0. The molecule has 6 nitrogen and oxygen atoms in total. The second-order valence-corrected chi connectivity index (χ2v) is 6.76. The molecule has 0 spiro atoms. The van der Waals surface area contributed by atoms with Crippen LogP contribution in [0, 0.1) is 0 Å². The summed E-state index contributed by atoms with van der Waals surface area (Å²) in [4.78, 5) is 10.9. The number of rotatable bonds is 7. The summed E-state index contributed by atoms with van der Waals surface area (Å²) in [7, 11) is -0.375. The Morgan fingerprint density at radius 3 is 2.78 bits per heavy atom. The van der Waals surface area contributed by atoms with Crippen LogP contribution in [0.25, 0.3) is 0 Å². The highest BCUT2D eigenvalue weighted by Crippen LogP contribution is 2.10. The molecule has 18 heavy (non-hydrogen) atoms. The van der Waals surface area contributed by atoms with Crippen LogP contribution in [0.1, 0.15) is 25.7 Å². The topological polar surface area (TPSA) is 75.7 Å². The van der Waals surface area contributed by atoms with Crippen LogP contribution < -0.4 is 5.32 Å². The van der Waals surface area contributed by atoms with Crippen molar-refractivity contribution in [3.63, 3.8) is 0 Å². The van der Waals surface area contributed by atoms with E-state index in [2.05, 4.69) is 10.1 Å². The van der Waals surface area contributed by atoms with Gasteiger partial charge in [0.15, 0.2) is 0 Å². The Bertz CT molecular complexity index is 363. The standard InChI is InChI=1S/C11H22N2O4S/c1-13(9-10-5-3-7-12-10)18(15,16)8-4-6-11(14)17-2/h10,12H,3-9H2,1-2H3. The van der Waals surface area contributed by atoms with E-state index in [-0.39, 0.29) is 24.2 Å². The second-order valence-electron chi connectivity index (χ2n) is 4.57. The first-order valence-electron chi connectivity index (χ1n) is 6.20. The molecule has 0 aliphatic carbocycles. The highest BCUT2D eigenvalue weighted by Gasteiger charge is 2.23. The number of hydrogen-bond donors (Lipinski definition) is 1. The van der Waals surface area contributed by atoms with Crippen LogP contribution in [0.5, 0.6) is 0 Å². The molecule has 1 fully saturated rings. The molecule has 1 unspecified atom stereocenters. The Morgan fingerprint density at radius 1 is 1.50 bits per heavy atom. The molecule has 0 radical (unpaired) electrons. The van der Waals surface area contributed by atoms with E-state index in [0.29, 0.717) is 13.0 Å². The molecule has 1 aliphatic rings. The molecule has 7 heteroatoms. The quantitative estimate of drug-likeness (QED) is 0.661. The van der Waals surface area contributed by atoms with Crippen molar-refractivity contribution in [3.05, 3.63) is 0 Å². The summed E-state index contributed by atoms with van der Waals surface area (Å²) in [6.45, 7) is 1.46. The van der Waals surface area contributed by atoms with Gasteiger partial charge in [-0.25, -0.2) is 12.7 Å². The Kier molecular flexibility index (Phi) is 6.04. The number of sulfonamides is 1. The normalized spacial score (nSPS) is 20.3. The minimum atomic E-state index is -3.27. The molecule has 1 atom stereocenters. The number of esters is 1. The molecule has 1 aliphatic heterocycles. The van der Waals surface area contributed by atoms with Gasteiger partial charge in [0.1, 0.15) is 0 Å². The number of hydrogen-bond acceptors (Lipinski definition) is 5. The van der Waals surface area contributed by atoms with Crippen LogP contribution in [0.2, 0.25) is 0 Å². The van der Waals surface area contributed by atoms with E-state index in [4.69, 9.17) is 0 Å². The summed E-state index contributed by atoms with van der Waals surface area (Å²) >= 11 is 0. The summed E-state index contributed by atoms with van der Waals surface area (Å²) in [6.07, 6.45) is 2.56. The van der Waals surface area contributed by atoms with E-state index >= 15 is 0 Å². The Labute approximate surface area is 109 Å². The Balaban J connectivity index is 2.34. The number of likely N-dealkylation sites (N-methyl/N-ethyl adjacent to an activating group) is 1. The predicted molar refractivity (Wildman–Crippen MR) is 68.7 cm³/mol. The first kappa shape index (κ1) is 15.4. The third-order valence-electron chi connectivity index (χ3n) is 3.13. The van der Waals surface area contributed by atoms with Gasteiger partial charge in [-0.15, -0.1) is 0 Å². The van der Waals surface area contributed by atoms with Crippen molar-refractivity contribution in [3.8, 4) is 0 Å². The molecule has 0 aromatic carbocycles. The maximum absolute atomic E-state index is 11.9. The summed E-state index contributed by atoms with van der Waals surface area (Å²) < 4.78 is 29.7. The Morgan fingerprint density at radius 2 is 2.22 bits per heavy atom. The van der Waals surface area contributed by atoms with Crippen molar-refractivity contribution in [1.82, 2.24) is 9.62 Å². The van der Waals surface area contributed by atoms with Gasteiger partial charge in [0, 0.05) is 26.1 Å². The molecule has 0 bridgehead atoms. The second kappa shape index (κ2) is 7.06. The smallest absolute Gasteiger partial charge is 0.305 e. The van der Waals surface area contributed by atoms with Gasteiger partial charge in [-0.2, -0.15) is 0 Å². The van der Waals surface area contributed by atoms with Gasteiger partial charge in [0.2, 0.25) is 10.0 Å². The van der Waals surface area contributed by atoms with Crippen LogP contribution in [0.4, 0.5) is 0 Å². The first-order chi connectivity index (χ1) is 8.45. The van der Waals surface area contributed by atoms with Gasteiger partial charge in [-0.1, -0.05) is 0 Å². The molecule has 0 amide bonds. The molecule has 1 rings (SSSR count). The van der Waals surface area contributed by atoms with E-state index in [1.807, 2.05) is 0 Å². The van der Waals surface area contributed by atoms with Crippen molar-refractivity contribution in [1.29, 1.82) is 0 Å². The van der Waals surface area contributed by atoms with Gasteiger partial charge >= 0.3 is 5.97 Å². The van der Waals surface area contributed by atoms with Gasteiger partial charge < -0.3 is 10.1 Å². The lowest BCUT2D eigenvalue weighted by molar-refractivity contribution is -0.140. The van der Waals surface area contributed by atoms with Crippen LogP contribution in [0.3, 0.4) is 0 Å².